The lowest BCUT2D eigenvalue weighted by molar-refractivity contribution is 0.102. The Balaban J connectivity index is 1.55. The Bertz CT molecular complexity index is 1170. The third-order valence-electron chi connectivity index (χ3n) is 4.50. The first-order chi connectivity index (χ1) is 14.5. The number of aromatic nitrogens is 5. The highest BCUT2D eigenvalue weighted by Crippen LogP contribution is 2.29. The molecule has 1 N–H and O–H groups in total. The van der Waals surface area contributed by atoms with E-state index >= 15 is 0 Å². The molecule has 30 heavy (non-hydrogen) atoms. The maximum absolute atomic E-state index is 14.3. The molecule has 0 atom stereocenters. The van der Waals surface area contributed by atoms with Crippen LogP contribution in [-0.2, 0) is 5.75 Å². The van der Waals surface area contributed by atoms with Crippen LogP contribution in [0.4, 0.5) is 10.1 Å². The van der Waals surface area contributed by atoms with Gasteiger partial charge in [0.05, 0.1) is 22.6 Å². The summed E-state index contributed by atoms with van der Waals surface area (Å²) in [6.07, 6.45) is 1.39. The van der Waals surface area contributed by atoms with Crippen LogP contribution in [-0.4, -0.2) is 31.3 Å². The Morgan fingerprint density at radius 1 is 1.23 bits per heavy atom. The molecule has 8 nitrogen and oxygen atoms in total. The smallest absolute Gasteiger partial charge is 0.256 e. The van der Waals surface area contributed by atoms with Crippen molar-refractivity contribution in [3.05, 3.63) is 77.2 Å². The molecule has 4 aromatic rings. The average molecular weight is 424 g/mol. The zero-order valence-corrected chi connectivity index (χ0v) is 17.0. The number of aryl methyl sites for hydroxylation is 2. The highest BCUT2D eigenvalue weighted by atomic mass is 32.2. The van der Waals surface area contributed by atoms with Crippen molar-refractivity contribution in [3.8, 4) is 5.69 Å². The number of tetrazole rings is 1. The van der Waals surface area contributed by atoms with Gasteiger partial charge in [-0.25, -0.2) is 9.07 Å². The number of hydrogen-bond acceptors (Lipinski definition) is 7. The maximum Gasteiger partial charge on any atom is 0.256 e. The van der Waals surface area contributed by atoms with E-state index in [0.717, 1.165) is 21.9 Å². The fraction of sp³-hybridized carbons (Fsp3) is 0.150. The molecule has 10 heteroatoms. The van der Waals surface area contributed by atoms with Crippen molar-refractivity contribution in [2.24, 2.45) is 0 Å². The number of halogens is 1. The SMILES string of the molecule is Cc1noc(C)c1CSc1ccccc1C(=O)Nc1cc(-n2cnnn2)ccc1F. The van der Waals surface area contributed by atoms with Crippen LogP contribution < -0.4 is 5.32 Å². The second kappa shape index (κ2) is 8.46. The number of carbonyl (C=O) groups is 1. The predicted molar refractivity (Wildman–Crippen MR) is 109 cm³/mol. The van der Waals surface area contributed by atoms with Crippen LogP contribution in [0.25, 0.3) is 5.69 Å². The molecule has 0 unspecified atom stereocenters. The standard InChI is InChI=1S/C20H17FN6O2S/c1-12-16(13(2)29-24-12)10-30-19-6-4-3-5-15(19)20(28)23-18-9-14(7-8-17(18)21)27-11-22-25-26-27/h3-9,11H,10H2,1-2H3,(H,23,28). The Morgan fingerprint density at radius 3 is 2.80 bits per heavy atom. The quantitative estimate of drug-likeness (QED) is 0.468. The van der Waals surface area contributed by atoms with Crippen molar-refractivity contribution in [1.82, 2.24) is 25.4 Å². The lowest BCUT2D eigenvalue weighted by atomic mass is 10.2. The van der Waals surface area contributed by atoms with Gasteiger partial charge in [0.1, 0.15) is 17.9 Å². The number of amides is 1. The largest absolute Gasteiger partial charge is 0.361 e. The number of hydrogen-bond donors (Lipinski definition) is 1. The summed E-state index contributed by atoms with van der Waals surface area (Å²) < 4.78 is 20.9. The van der Waals surface area contributed by atoms with Crippen LogP contribution >= 0.6 is 11.8 Å². The van der Waals surface area contributed by atoms with Gasteiger partial charge in [-0.3, -0.25) is 4.79 Å². The van der Waals surface area contributed by atoms with E-state index < -0.39 is 11.7 Å². The van der Waals surface area contributed by atoms with E-state index in [9.17, 15) is 9.18 Å². The van der Waals surface area contributed by atoms with Crippen molar-refractivity contribution < 1.29 is 13.7 Å². The van der Waals surface area contributed by atoms with Gasteiger partial charge in [0.15, 0.2) is 0 Å². The molecule has 152 valence electrons. The highest BCUT2D eigenvalue weighted by molar-refractivity contribution is 7.98. The predicted octanol–water partition coefficient (Wildman–Crippen LogP) is 3.95. The van der Waals surface area contributed by atoms with Crippen LogP contribution in [0, 0.1) is 19.7 Å². The number of thioether (sulfide) groups is 1. The first-order valence-electron chi connectivity index (χ1n) is 9.01. The molecule has 0 aliphatic heterocycles. The van der Waals surface area contributed by atoms with E-state index in [-0.39, 0.29) is 5.69 Å². The molecular formula is C20H17FN6O2S. The van der Waals surface area contributed by atoms with Gasteiger partial charge in [0.2, 0.25) is 0 Å². The fourth-order valence-corrected chi connectivity index (χ4v) is 4.06. The van der Waals surface area contributed by atoms with Crippen LogP contribution in [0.2, 0.25) is 0 Å². The van der Waals surface area contributed by atoms with Gasteiger partial charge in [0, 0.05) is 16.2 Å². The maximum atomic E-state index is 14.3. The second-order valence-electron chi connectivity index (χ2n) is 6.46. The molecule has 2 aromatic heterocycles. The van der Waals surface area contributed by atoms with Gasteiger partial charge in [-0.05, 0) is 54.6 Å². The highest BCUT2D eigenvalue weighted by Gasteiger charge is 2.16. The summed E-state index contributed by atoms with van der Waals surface area (Å²) in [6, 6.07) is 11.4. The van der Waals surface area contributed by atoms with Crippen molar-refractivity contribution in [2.45, 2.75) is 24.5 Å². The van der Waals surface area contributed by atoms with Crippen LogP contribution in [0.1, 0.15) is 27.4 Å². The second-order valence-corrected chi connectivity index (χ2v) is 7.48. The zero-order chi connectivity index (χ0) is 21.1. The van der Waals surface area contributed by atoms with Gasteiger partial charge in [-0.2, -0.15) is 0 Å². The molecule has 0 bridgehead atoms. The monoisotopic (exact) mass is 424 g/mol. The van der Waals surface area contributed by atoms with Gasteiger partial charge in [0.25, 0.3) is 5.91 Å². The van der Waals surface area contributed by atoms with Gasteiger partial charge >= 0.3 is 0 Å². The topological polar surface area (TPSA) is 98.7 Å². The first-order valence-corrected chi connectivity index (χ1v) is 9.99. The number of benzene rings is 2. The average Bonchev–Trinajstić information content (AvgIpc) is 3.39. The van der Waals surface area contributed by atoms with Crippen molar-refractivity contribution in [2.75, 3.05) is 5.32 Å². The van der Waals surface area contributed by atoms with E-state index in [0.29, 0.717) is 17.0 Å². The summed E-state index contributed by atoms with van der Waals surface area (Å²) in [5, 5.41) is 17.5. The molecule has 0 fully saturated rings. The van der Waals surface area contributed by atoms with Gasteiger partial charge in [-0.15, -0.1) is 16.9 Å². The minimum atomic E-state index is -0.555. The first kappa shape index (κ1) is 19.8. The van der Waals surface area contributed by atoms with Gasteiger partial charge in [-0.1, -0.05) is 17.3 Å². The Kier molecular flexibility index (Phi) is 5.57. The molecule has 2 aromatic carbocycles. The van der Waals surface area contributed by atoms with Crippen LogP contribution in [0.3, 0.4) is 0 Å². The number of rotatable bonds is 6. The molecule has 0 spiro atoms. The Hall–Kier alpha value is -3.53. The van der Waals surface area contributed by atoms with E-state index in [1.165, 1.54) is 41.0 Å². The normalized spacial score (nSPS) is 10.9. The molecular weight excluding hydrogens is 407 g/mol. The van der Waals surface area contributed by atoms with Crippen LogP contribution in [0.15, 0.2) is 58.2 Å². The van der Waals surface area contributed by atoms with Crippen molar-refractivity contribution >= 4 is 23.4 Å². The van der Waals surface area contributed by atoms with E-state index in [1.807, 2.05) is 26.0 Å². The third kappa shape index (κ3) is 4.08. The number of nitrogens with zero attached hydrogens (tertiary/aromatic N) is 5. The number of nitrogens with one attached hydrogen (secondary N) is 1. The molecule has 0 saturated heterocycles. The molecule has 2 heterocycles. The summed E-state index contributed by atoms with van der Waals surface area (Å²) in [5.41, 5.74) is 2.83. The molecule has 0 aliphatic carbocycles. The fourth-order valence-electron chi connectivity index (χ4n) is 2.86. The minimum Gasteiger partial charge on any atom is -0.361 e. The van der Waals surface area contributed by atoms with E-state index in [4.69, 9.17) is 4.52 Å². The van der Waals surface area contributed by atoms with Crippen molar-refractivity contribution in [3.63, 3.8) is 0 Å². The lowest BCUT2D eigenvalue weighted by Crippen LogP contribution is -2.14. The summed E-state index contributed by atoms with van der Waals surface area (Å²) in [7, 11) is 0. The summed E-state index contributed by atoms with van der Waals surface area (Å²) in [6.45, 7) is 3.74. The molecule has 4 rings (SSSR count). The van der Waals surface area contributed by atoms with Crippen molar-refractivity contribution in [1.29, 1.82) is 0 Å². The molecule has 0 aliphatic rings. The molecule has 0 radical (unpaired) electrons. The summed E-state index contributed by atoms with van der Waals surface area (Å²) >= 11 is 1.49. The molecule has 0 saturated carbocycles. The van der Waals surface area contributed by atoms with Gasteiger partial charge < -0.3 is 9.84 Å². The Morgan fingerprint density at radius 2 is 2.07 bits per heavy atom. The Labute approximate surface area is 175 Å². The summed E-state index contributed by atoms with van der Waals surface area (Å²) in [5.74, 6) is 0.392. The van der Waals surface area contributed by atoms with E-state index in [2.05, 4.69) is 26.0 Å². The zero-order valence-electron chi connectivity index (χ0n) is 16.2. The third-order valence-corrected chi connectivity index (χ3v) is 5.60. The number of anilines is 1. The van der Waals surface area contributed by atoms with Crippen LogP contribution in [0.5, 0.6) is 0 Å². The minimum absolute atomic E-state index is 0.0403. The lowest BCUT2D eigenvalue weighted by Gasteiger charge is -2.11. The summed E-state index contributed by atoms with van der Waals surface area (Å²) in [4.78, 5) is 13.7. The molecule has 1 amide bonds. The van der Waals surface area contributed by atoms with E-state index in [1.54, 1.807) is 12.1 Å². The number of carbonyl (C=O) groups excluding carboxylic acids is 1.